The highest BCUT2D eigenvalue weighted by Gasteiger charge is 2.23. The van der Waals surface area contributed by atoms with Crippen LogP contribution in [0.3, 0.4) is 0 Å². The molecule has 132 valence electrons. The number of rotatable bonds is 6. The molecule has 3 aromatic rings. The number of halogens is 1. The van der Waals surface area contributed by atoms with Crippen molar-refractivity contribution in [3.8, 4) is 5.75 Å². The van der Waals surface area contributed by atoms with Gasteiger partial charge in [-0.05, 0) is 36.4 Å². The van der Waals surface area contributed by atoms with Crippen LogP contribution in [-0.2, 0) is 0 Å². The molecule has 8 nitrogen and oxygen atoms in total. The molecule has 26 heavy (non-hydrogen) atoms. The Labute approximate surface area is 147 Å². The molecule has 0 aliphatic heterocycles. The Bertz CT molecular complexity index is 934. The van der Waals surface area contributed by atoms with Gasteiger partial charge in [0, 0.05) is 17.4 Å². The SMILES string of the molecule is COc1cccc(Nc2ncnc(Nc3ccc(F)cc3)c2[N+](=O)[O-])c1. The molecule has 0 amide bonds. The van der Waals surface area contributed by atoms with E-state index in [0.717, 1.165) is 0 Å². The van der Waals surface area contributed by atoms with E-state index in [1.54, 1.807) is 24.3 Å². The first-order chi connectivity index (χ1) is 12.6. The number of aromatic nitrogens is 2. The summed E-state index contributed by atoms with van der Waals surface area (Å²) < 4.78 is 18.2. The molecule has 3 rings (SSSR count). The molecule has 0 atom stereocenters. The minimum Gasteiger partial charge on any atom is -0.497 e. The highest BCUT2D eigenvalue weighted by atomic mass is 19.1. The number of anilines is 4. The number of nitro groups is 1. The zero-order valence-corrected chi connectivity index (χ0v) is 13.6. The summed E-state index contributed by atoms with van der Waals surface area (Å²) in [6.07, 6.45) is 1.20. The van der Waals surface area contributed by atoms with Crippen molar-refractivity contribution in [1.29, 1.82) is 0 Å². The van der Waals surface area contributed by atoms with Crippen molar-refractivity contribution in [3.05, 3.63) is 70.8 Å². The molecule has 0 saturated carbocycles. The lowest BCUT2D eigenvalue weighted by atomic mass is 10.3. The van der Waals surface area contributed by atoms with E-state index in [1.165, 1.54) is 37.7 Å². The lowest BCUT2D eigenvalue weighted by Crippen LogP contribution is -2.05. The topological polar surface area (TPSA) is 102 Å². The van der Waals surface area contributed by atoms with Crippen LogP contribution in [-0.4, -0.2) is 22.0 Å². The fourth-order valence-electron chi connectivity index (χ4n) is 2.24. The Morgan fingerprint density at radius 1 is 1.04 bits per heavy atom. The van der Waals surface area contributed by atoms with Crippen LogP contribution in [0.1, 0.15) is 0 Å². The van der Waals surface area contributed by atoms with E-state index in [4.69, 9.17) is 4.74 Å². The number of benzene rings is 2. The molecular weight excluding hydrogens is 341 g/mol. The molecule has 0 saturated heterocycles. The van der Waals surface area contributed by atoms with Gasteiger partial charge in [0.15, 0.2) is 0 Å². The summed E-state index contributed by atoms with van der Waals surface area (Å²) in [6.45, 7) is 0. The predicted molar refractivity (Wildman–Crippen MR) is 94.6 cm³/mol. The second kappa shape index (κ2) is 7.43. The van der Waals surface area contributed by atoms with Crippen LogP contribution in [0.15, 0.2) is 54.9 Å². The van der Waals surface area contributed by atoms with Crippen molar-refractivity contribution < 1.29 is 14.1 Å². The van der Waals surface area contributed by atoms with Crippen molar-refractivity contribution in [2.45, 2.75) is 0 Å². The second-order valence-corrected chi connectivity index (χ2v) is 5.17. The van der Waals surface area contributed by atoms with Gasteiger partial charge in [-0.15, -0.1) is 0 Å². The second-order valence-electron chi connectivity index (χ2n) is 5.17. The van der Waals surface area contributed by atoms with Crippen molar-refractivity contribution in [2.75, 3.05) is 17.7 Å². The quantitative estimate of drug-likeness (QED) is 0.508. The molecule has 1 aromatic heterocycles. The smallest absolute Gasteiger partial charge is 0.353 e. The molecule has 0 unspecified atom stereocenters. The summed E-state index contributed by atoms with van der Waals surface area (Å²) in [5.74, 6) is 0.189. The monoisotopic (exact) mass is 355 g/mol. The first-order valence-electron chi connectivity index (χ1n) is 7.50. The highest BCUT2D eigenvalue weighted by molar-refractivity contribution is 5.76. The van der Waals surface area contributed by atoms with Crippen molar-refractivity contribution in [2.24, 2.45) is 0 Å². The lowest BCUT2D eigenvalue weighted by Gasteiger charge is -2.10. The third kappa shape index (κ3) is 3.83. The van der Waals surface area contributed by atoms with E-state index in [1.807, 2.05) is 0 Å². The number of nitrogens with one attached hydrogen (secondary N) is 2. The maximum atomic E-state index is 13.0. The van der Waals surface area contributed by atoms with Gasteiger partial charge in [-0.25, -0.2) is 14.4 Å². The number of hydrogen-bond acceptors (Lipinski definition) is 7. The molecule has 0 fully saturated rings. The van der Waals surface area contributed by atoms with Gasteiger partial charge in [0.05, 0.1) is 12.0 Å². The molecule has 1 heterocycles. The van der Waals surface area contributed by atoms with Gasteiger partial charge in [0.2, 0.25) is 11.6 Å². The minimum atomic E-state index is -0.589. The Morgan fingerprint density at radius 2 is 1.69 bits per heavy atom. The van der Waals surface area contributed by atoms with E-state index >= 15 is 0 Å². The first-order valence-corrected chi connectivity index (χ1v) is 7.50. The zero-order valence-electron chi connectivity index (χ0n) is 13.6. The molecule has 0 bridgehead atoms. The molecule has 2 N–H and O–H groups in total. The lowest BCUT2D eigenvalue weighted by molar-refractivity contribution is -0.383. The highest BCUT2D eigenvalue weighted by Crippen LogP contribution is 2.33. The number of ether oxygens (including phenoxy) is 1. The average molecular weight is 355 g/mol. The van der Waals surface area contributed by atoms with Gasteiger partial charge >= 0.3 is 5.69 Å². The zero-order chi connectivity index (χ0) is 18.5. The Kier molecular flexibility index (Phi) is 4.88. The third-order valence-corrected chi connectivity index (χ3v) is 3.44. The van der Waals surface area contributed by atoms with Crippen LogP contribution in [0.5, 0.6) is 5.75 Å². The van der Waals surface area contributed by atoms with Gasteiger partial charge in [-0.1, -0.05) is 6.07 Å². The van der Waals surface area contributed by atoms with Gasteiger partial charge < -0.3 is 15.4 Å². The summed E-state index contributed by atoms with van der Waals surface area (Å²) in [5.41, 5.74) is 0.694. The van der Waals surface area contributed by atoms with Gasteiger partial charge in [0.25, 0.3) is 0 Å². The summed E-state index contributed by atoms with van der Waals surface area (Å²) >= 11 is 0. The molecule has 0 aliphatic rings. The molecule has 2 aromatic carbocycles. The maximum absolute atomic E-state index is 13.0. The van der Waals surface area contributed by atoms with E-state index in [-0.39, 0.29) is 17.3 Å². The largest absolute Gasteiger partial charge is 0.497 e. The van der Waals surface area contributed by atoms with Gasteiger partial charge in [-0.3, -0.25) is 10.1 Å². The average Bonchev–Trinajstić information content (AvgIpc) is 2.64. The van der Waals surface area contributed by atoms with Crippen LogP contribution >= 0.6 is 0 Å². The normalized spacial score (nSPS) is 10.2. The van der Waals surface area contributed by atoms with E-state index in [0.29, 0.717) is 17.1 Å². The standard InChI is InChI=1S/C17H14FN5O3/c1-26-14-4-2-3-13(9-14)22-17-15(23(24)25)16(19-10-20-17)21-12-7-5-11(18)6-8-12/h2-10H,1H3,(H2,19,20,21,22). The molecule has 9 heteroatoms. The van der Waals surface area contributed by atoms with E-state index in [9.17, 15) is 14.5 Å². The summed E-state index contributed by atoms with van der Waals surface area (Å²) in [5, 5.41) is 17.3. The number of methoxy groups -OCH3 is 1. The van der Waals surface area contributed by atoms with Crippen molar-refractivity contribution >= 4 is 28.7 Å². The van der Waals surface area contributed by atoms with Gasteiger partial charge in [-0.2, -0.15) is 0 Å². The van der Waals surface area contributed by atoms with Crippen molar-refractivity contribution in [1.82, 2.24) is 9.97 Å². The number of hydrogen-bond donors (Lipinski definition) is 2. The van der Waals surface area contributed by atoms with Crippen LogP contribution in [0.4, 0.5) is 33.1 Å². The Balaban J connectivity index is 1.95. The third-order valence-electron chi connectivity index (χ3n) is 3.44. The molecule has 0 radical (unpaired) electrons. The van der Waals surface area contributed by atoms with Crippen molar-refractivity contribution in [3.63, 3.8) is 0 Å². The minimum absolute atomic E-state index is 0.0120. The molecular formula is C17H14FN5O3. The summed E-state index contributed by atoms with van der Waals surface area (Å²) in [7, 11) is 1.52. The Hall–Kier alpha value is -3.75. The summed E-state index contributed by atoms with van der Waals surface area (Å²) in [6, 6.07) is 12.3. The van der Waals surface area contributed by atoms with Crippen LogP contribution in [0.2, 0.25) is 0 Å². The maximum Gasteiger partial charge on any atom is 0.353 e. The first kappa shape index (κ1) is 17.1. The van der Waals surface area contributed by atoms with Crippen LogP contribution in [0.25, 0.3) is 0 Å². The molecule has 0 aliphatic carbocycles. The Morgan fingerprint density at radius 3 is 2.31 bits per heavy atom. The van der Waals surface area contributed by atoms with Gasteiger partial charge in [0.1, 0.15) is 17.9 Å². The fourth-order valence-corrected chi connectivity index (χ4v) is 2.24. The van der Waals surface area contributed by atoms with E-state index < -0.39 is 10.7 Å². The van der Waals surface area contributed by atoms with Crippen LogP contribution in [0, 0.1) is 15.9 Å². The molecule has 0 spiro atoms. The predicted octanol–water partition coefficient (Wildman–Crippen LogP) is 4.02. The van der Waals surface area contributed by atoms with E-state index in [2.05, 4.69) is 20.6 Å². The summed E-state index contributed by atoms with van der Waals surface area (Å²) in [4.78, 5) is 18.9. The fraction of sp³-hybridized carbons (Fsp3) is 0.0588. The van der Waals surface area contributed by atoms with Crippen LogP contribution < -0.4 is 15.4 Å². The number of nitrogens with zero attached hydrogens (tertiary/aromatic N) is 3.